The highest BCUT2D eigenvalue weighted by Gasteiger charge is 2.37. The van der Waals surface area contributed by atoms with Gasteiger partial charge in [0.15, 0.2) is 0 Å². The van der Waals surface area contributed by atoms with Crippen molar-refractivity contribution in [2.75, 3.05) is 72.4 Å². The number of hydrogen-bond acceptors (Lipinski definition) is 10. The number of benzene rings is 2. The first-order valence-corrected chi connectivity index (χ1v) is 20.0. The van der Waals surface area contributed by atoms with Crippen LogP contribution in [0.3, 0.4) is 0 Å². The number of rotatable bonds is 25. The molecule has 1 aromatic heterocycles. The third kappa shape index (κ3) is 14.6. The fourth-order valence-electron chi connectivity index (χ4n) is 6.73. The topological polar surface area (TPSA) is 198 Å². The Balaban J connectivity index is 1.22. The van der Waals surface area contributed by atoms with Gasteiger partial charge in [-0.15, -0.1) is 0 Å². The van der Waals surface area contributed by atoms with Crippen LogP contribution in [0.4, 0.5) is 8.78 Å². The molecule has 3 aromatic rings. The van der Waals surface area contributed by atoms with E-state index in [1.54, 1.807) is 12.3 Å². The third-order valence-electron chi connectivity index (χ3n) is 9.70. The molecule has 6 N–H and O–H groups in total. The molecule has 0 aliphatic carbocycles. The van der Waals surface area contributed by atoms with Crippen LogP contribution in [-0.2, 0) is 39.9 Å². The summed E-state index contributed by atoms with van der Waals surface area (Å²) in [6.45, 7) is 7.49. The van der Waals surface area contributed by atoms with Gasteiger partial charge >= 0.3 is 0 Å². The molecule has 15 nitrogen and oxygen atoms in total. The highest BCUT2D eigenvalue weighted by Crippen LogP contribution is 2.41. The number of nitrogens with one attached hydrogen (secondary N) is 2. The molecule has 1 aliphatic heterocycles. The molecule has 3 atom stereocenters. The van der Waals surface area contributed by atoms with E-state index in [0.29, 0.717) is 37.6 Å². The number of aliphatic hydroxyl groups excluding tert-OH is 2. The van der Waals surface area contributed by atoms with Crippen molar-refractivity contribution in [2.45, 2.75) is 58.5 Å². The maximum absolute atomic E-state index is 15.0. The zero-order chi connectivity index (χ0) is 43.7. The molecule has 0 fully saturated rings. The van der Waals surface area contributed by atoms with Crippen molar-refractivity contribution in [3.8, 4) is 11.1 Å². The number of nitrogens with two attached hydrogens (primary N) is 1. The van der Waals surface area contributed by atoms with Crippen molar-refractivity contribution in [1.29, 1.82) is 0 Å². The Morgan fingerprint density at radius 1 is 0.933 bits per heavy atom. The van der Waals surface area contributed by atoms with Gasteiger partial charge in [-0.25, -0.2) is 8.78 Å². The fraction of sp³-hybridized carbons (Fsp3) is 0.488. The summed E-state index contributed by atoms with van der Waals surface area (Å²) in [5, 5.41) is 25.1. The van der Waals surface area contributed by atoms with Crippen molar-refractivity contribution in [3.63, 3.8) is 0 Å². The van der Waals surface area contributed by atoms with Gasteiger partial charge in [0.25, 0.3) is 0 Å². The van der Waals surface area contributed by atoms with Crippen LogP contribution in [0.25, 0.3) is 11.1 Å². The van der Waals surface area contributed by atoms with E-state index in [1.165, 1.54) is 22.0 Å². The standard InChI is InChI=1S/C43H58F2N6O9/c1-43(2,3)41(36-25-31(33-26-32(44)9-10-34(33)45)28-49(36)27-30-7-5-4-6-8-30)51(40(56)29-52)17-13-35(46)42(57)48-16-15-47-37(53)14-19-58-21-23-60-24-22-59-20-18-50-38(54)11-12-39(50)55/h4-12,25-26,28,35,38,41,52,54H,13-24,27,29,46H2,1-3H3,(H,47,53)(H,48,57)/t35-,38?,41-/m0/s1. The summed E-state index contributed by atoms with van der Waals surface area (Å²) in [6, 6.07) is 12.8. The average Bonchev–Trinajstić information content (AvgIpc) is 3.77. The number of aliphatic hydroxyl groups is 2. The Morgan fingerprint density at radius 2 is 1.60 bits per heavy atom. The summed E-state index contributed by atoms with van der Waals surface area (Å²) in [6.07, 6.45) is 3.67. The number of carbonyl (C=O) groups is 4. The van der Waals surface area contributed by atoms with Gasteiger partial charge in [-0.05, 0) is 47.7 Å². The van der Waals surface area contributed by atoms with Gasteiger partial charge in [0, 0.05) is 68.2 Å². The minimum Gasteiger partial charge on any atom is -0.387 e. The lowest BCUT2D eigenvalue weighted by Gasteiger charge is -2.41. The van der Waals surface area contributed by atoms with E-state index in [1.807, 2.05) is 55.7 Å². The van der Waals surface area contributed by atoms with Crippen molar-refractivity contribution >= 4 is 23.6 Å². The molecule has 17 heteroatoms. The molecule has 1 aliphatic rings. The van der Waals surface area contributed by atoms with Gasteiger partial charge < -0.3 is 55.2 Å². The molecule has 0 saturated heterocycles. The monoisotopic (exact) mass is 840 g/mol. The first-order chi connectivity index (χ1) is 28.7. The first-order valence-electron chi connectivity index (χ1n) is 20.0. The largest absolute Gasteiger partial charge is 0.387 e. The highest BCUT2D eigenvalue weighted by molar-refractivity contribution is 5.90. The minimum absolute atomic E-state index is 0.00244. The van der Waals surface area contributed by atoms with Crippen LogP contribution >= 0.6 is 0 Å². The number of aromatic nitrogens is 1. The molecular weight excluding hydrogens is 783 g/mol. The molecule has 4 amide bonds. The van der Waals surface area contributed by atoms with Gasteiger partial charge in [-0.1, -0.05) is 51.1 Å². The summed E-state index contributed by atoms with van der Waals surface area (Å²) >= 11 is 0. The number of halogens is 2. The second-order valence-corrected chi connectivity index (χ2v) is 15.3. The molecule has 328 valence electrons. The first kappa shape index (κ1) is 47.6. The molecule has 2 heterocycles. The predicted molar refractivity (Wildman–Crippen MR) is 219 cm³/mol. The lowest BCUT2D eigenvalue weighted by atomic mass is 9.82. The zero-order valence-electron chi connectivity index (χ0n) is 34.5. The van der Waals surface area contributed by atoms with E-state index in [0.717, 1.165) is 23.8 Å². The molecule has 60 heavy (non-hydrogen) atoms. The zero-order valence-corrected chi connectivity index (χ0v) is 34.5. The number of nitrogens with zero attached hydrogens (tertiary/aromatic N) is 3. The summed E-state index contributed by atoms with van der Waals surface area (Å²) in [4.78, 5) is 53.0. The Bertz CT molecular complexity index is 1890. The van der Waals surface area contributed by atoms with Crippen LogP contribution in [0.1, 0.15) is 50.9 Å². The Labute approximate surface area is 349 Å². The number of amides is 4. The van der Waals surface area contributed by atoms with E-state index in [2.05, 4.69) is 10.6 Å². The normalized spacial score (nSPS) is 15.0. The SMILES string of the molecule is CC(C)(C)[C@H](c1cc(-c2cc(F)ccc2F)cn1Cc1ccccc1)N(CC[C@H](N)C(=O)NCCNC(=O)CCOCCOCCOCCN1C(=O)C=CC1O)C(=O)CO. The van der Waals surface area contributed by atoms with Crippen LogP contribution in [0, 0.1) is 17.0 Å². The fourth-order valence-corrected chi connectivity index (χ4v) is 6.73. The summed E-state index contributed by atoms with van der Waals surface area (Å²) in [5.74, 6) is -2.82. The summed E-state index contributed by atoms with van der Waals surface area (Å²) < 4.78 is 47.5. The third-order valence-corrected chi connectivity index (χ3v) is 9.70. The molecular formula is C43H58F2N6O9. The van der Waals surface area contributed by atoms with Crippen molar-refractivity contribution in [1.82, 2.24) is 25.0 Å². The van der Waals surface area contributed by atoms with Gasteiger partial charge in [0.05, 0.1) is 51.7 Å². The Kier molecular flexibility index (Phi) is 18.8. The van der Waals surface area contributed by atoms with E-state index in [9.17, 15) is 33.8 Å². The van der Waals surface area contributed by atoms with E-state index in [-0.39, 0.29) is 76.2 Å². The second kappa shape index (κ2) is 23.7. The van der Waals surface area contributed by atoms with Crippen molar-refractivity contribution in [2.24, 2.45) is 11.1 Å². The van der Waals surface area contributed by atoms with Gasteiger partial charge in [0.1, 0.15) is 24.5 Å². The van der Waals surface area contributed by atoms with Crippen LogP contribution in [-0.4, -0.2) is 133 Å². The number of hydrogen-bond donors (Lipinski definition) is 5. The number of carbonyl (C=O) groups excluding carboxylic acids is 4. The molecule has 4 rings (SSSR count). The molecule has 0 bridgehead atoms. The summed E-state index contributed by atoms with van der Waals surface area (Å²) in [7, 11) is 0. The van der Waals surface area contributed by atoms with E-state index >= 15 is 4.39 Å². The van der Waals surface area contributed by atoms with Crippen molar-refractivity contribution in [3.05, 3.63) is 95.8 Å². The van der Waals surface area contributed by atoms with E-state index < -0.39 is 53.8 Å². The van der Waals surface area contributed by atoms with Gasteiger partial charge in [0.2, 0.25) is 23.6 Å². The lowest BCUT2D eigenvalue weighted by Crippen LogP contribution is -2.48. The van der Waals surface area contributed by atoms with E-state index in [4.69, 9.17) is 19.9 Å². The quantitative estimate of drug-likeness (QED) is 0.0791. The average molecular weight is 841 g/mol. The van der Waals surface area contributed by atoms with Crippen LogP contribution in [0.2, 0.25) is 0 Å². The molecule has 0 radical (unpaired) electrons. The molecule has 1 unspecified atom stereocenters. The summed E-state index contributed by atoms with van der Waals surface area (Å²) in [5.41, 5.74) is 7.66. The maximum Gasteiger partial charge on any atom is 0.248 e. The van der Waals surface area contributed by atoms with Gasteiger partial charge in [-0.2, -0.15) is 0 Å². The maximum atomic E-state index is 15.0. The Morgan fingerprint density at radius 3 is 2.25 bits per heavy atom. The van der Waals surface area contributed by atoms with Gasteiger partial charge in [-0.3, -0.25) is 19.2 Å². The highest BCUT2D eigenvalue weighted by atomic mass is 19.1. The van der Waals surface area contributed by atoms with Crippen LogP contribution in [0.15, 0.2) is 72.9 Å². The lowest BCUT2D eigenvalue weighted by molar-refractivity contribution is -0.140. The molecule has 0 spiro atoms. The predicted octanol–water partition coefficient (Wildman–Crippen LogP) is 2.50. The Hall–Kier alpha value is -5.04. The van der Waals surface area contributed by atoms with Crippen molar-refractivity contribution < 1.29 is 52.4 Å². The minimum atomic E-state index is -1.03. The molecule has 2 aromatic carbocycles. The second-order valence-electron chi connectivity index (χ2n) is 15.3. The molecule has 0 saturated carbocycles. The van der Waals surface area contributed by atoms with Crippen LogP contribution in [0.5, 0.6) is 0 Å². The van der Waals surface area contributed by atoms with Crippen LogP contribution < -0.4 is 16.4 Å². The number of ether oxygens (including phenoxy) is 3. The smallest absolute Gasteiger partial charge is 0.248 e.